The molecule has 6 saturated heterocycles. The number of isocyanates is 1. The molecule has 0 bridgehead atoms. The van der Waals surface area contributed by atoms with Crippen LogP contribution in [0.2, 0.25) is 0 Å². The smallest absolute Gasteiger partial charge is 0.414 e. The van der Waals surface area contributed by atoms with E-state index in [-0.39, 0.29) is 95.5 Å². The minimum Gasteiger partial charge on any atom is -0.445 e. The summed E-state index contributed by atoms with van der Waals surface area (Å²) in [5.41, 5.74) is 15.8. The number of morpholine rings is 4. The van der Waals surface area contributed by atoms with Gasteiger partial charge in [-0.1, -0.05) is 60.7 Å². The first-order valence-electron chi connectivity index (χ1n) is 38.8. The lowest BCUT2D eigenvalue weighted by Gasteiger charge is -2.29. The third-order valence-electron chi connectivity index (χ3n) is 17.4. The molecule has 6 aromatic carbocycles. The normalized spacial score (nSPS) is 16.6. The number of ketones is 3. The van der Waals surface area contributed by atoms with E-state index < -0.39 is 42.4 Å². The van der Waals surface area contributed by atoms with Crippen molar-refractivity contribution in [3.63, 3.8) is 0 Å². The number of hydrogen-bond donors (Lipinski definition) is 6. The van der Waals surface area contributed by atoms with Crippen LogP contribution in [0.15, 0.2) is 143 Å². The third kappa shape index (κ3) is 45.1. The largest absolute Gasteiger partial charge is 0.445 e. The number of epoxide rings is 1. The number of carbonyl (C=O) groups is 6. The number of aldehydes is 1. The summed E-state index contributed by atoms with van der Waals surface area (Å²) in [7, 11) is 0. The summed E-state index contributed by atoms with van der Waals surface area (Å²) < 4.78 is 92.0. The second kappa shape index (κ2) is 62.7. The Bertz CT molecular complexity index is 4040. The molecule has 121 heavy (non-hydrogen) atoms. The summed E-state index contributed by atoms with van der Waals surface area (Å²) in [5, 5.41) is 28.8. The molecule has 37 heteroatoms. The van der Waals surface area contributed by atoms with Gasteiger partial charge in [-0.15, -0.1) is 70.4 Å². The van der Waals surface area contributed by atoms with Gasteiger partial charge in [0.2, 0.25) is 6.08 Å². The van der Waals surface area contributed by atoms with Crippen molar-refractivity contribution in [2.45, 2.75) is 95.9 Å². The molecule has 8 N–H and O–H groups in total. The number of amides is 2. The maximum Gasteiger partial charge on any atom is 0.414 e. The quantitative estimate of drug-likeness (QED) is 0.00530. The van der Waals surface area contributed by atoms with Crippen molar-refractivity contribution in [3.8, 4) is 0 Å². The summed E-state index contributed by atoms with van der Waals surface area (Å²) in [6.45, 7) is 16.5. The van der Waals surface area contributed by atoms with E-state index in [1.54, 1.807) is 66.9 Å². The fourth-order valence-corrected chi connectivity index (χ4v) is 11.5. The lowest BCUT2D eigenvalue weighted by molar-refractivity contribution is -0.118. The number of carbonyl (C=O) groups excluding carboxylic acids is 7. The molecule has 0 saturated carbocycles. The highest BCUT2D eigenvalue weighted by molar-refractivity contribution is 6.19. The second-order valence-corrected chi connectivity index (χ2v) is 28.6. The Morgan fingerprint density at radius 3 is 1.41 bits per heavy atom. The number of aliphatic hydroxyl groups excluding tert-OH is 3. The monoisotopic (exact) mass is 1820 g/mol. The first-order valence-corrected chi connectivity index (χ1v) is 41.4. The van der Waals surface area contributed by atoms with Gasteiger partial charge in [-0.3, -0.25) is 20.0 Å². The Balaban J connectivity index is 0.000000366. The highest BCUT2D eigenvalue weighted by Crippen LogP contribution is 2.31. The van der Waals surface area contributed by atoms with Crippen LogP contribution in [-0.4, -0.2) is 261 Å². The predicted octanol–water partition coefficient (Wildman–Crippen LogP) is 13.2. The van der Waals surface area contributed by atoms with Gasteiger partial charge in [0.05, 0.1) is 149 Å². The molecule has 6 aromatic rings. The predicted molar refractivity (Wildman–Crippen MR) is 470 cm³/mol. The number of benzene rings is 6. The van der Waals surface area contributed by atoms with E-state index in [0.717, 1.165) is 37.1 Å². The molecule has 6 aliphatic heterocycles. The number of alkyl halides is 5. The molecule has 0 spiro atoms. The van der Waals surface area contributed by atoms with Crippen LogP contribution in [0, 0.1) is 23.3 Å². The zero-order chi connectivity index (χ0) is 88.0. The van der Waals surface area contributed by atoms with Crippen LogP contribution in [0.3, 0.4) is 0 Å². The van der Waals surface area contributed by atoms with Crippen LogP contribution in [-0.2, 0) is 52.3 Å². The molecule has 0 radical (unpaired) electrons. The molecule has 0 aliphatic carbocycles. The molecule has 2 amide bonds. The van der Waals surface area contributed by atoms with E-state index in [9.17, 15) is 51.1 Å². The highest BCUT2D eigenvalue weighted by atomic mass is 35.5. The topological polar surface area (TPSA) is 353 Å². The van der Waals surface area contributed by atoms with E-state index in [0.29, 0.717) is 189 Å². The average Bonchev–Trinajstić information content (AvgIpc) is 1.21. The number of halogens is 10. The molecule has 6 heterocycles. The van der Waals surface area contributed by atoms with Crippen molar-refractivity contribution in [1.82, 2.24) is 0 Å². The number of aliphatic imine (C=N–C) groups is 2. The van der Waals surface area contributed by atoms with Gasteiger partial charge in [0.1, 0.15) is 59.1 Å². The van der Waals surface area contributed by atoms with Gasteiger partial charge in [-0.05, 0) is 112 Å². The van der Waals surface area contributed by atoms with Crippen molar-refractivity contribution in [2.24, 2.45) is 15.7 Å². The van der Waals surface area contributed by atoms with Crippen LogP contribution < -0.4 is 41.3 Å². The van der Waals surface area contributed by atoms with Gasteiger partial charge < -0.3 is 93.9 Å². The molecule has 668 valence electrons. The molecule has 0 aromatic heterocycles. The van der Waals surface area contributed by atoms with Gasteiger partial charge in [-0.2, -0.15) is 4.99 Å². The lowest BCUT2D eigenvalue weighted by Crippen LogP contribution is -2.36. The SMILES string of the molecule is CC(=O)CCC(CCl)OC(=O)Nc1ccc(N2CCOCC2)c(F)c1.CC(=O)CC[C@H](O)CCl.CC(=O)CC[C@H]1CN(c2ccc(N3CCOCC3)c(F)c2)C(=O)O1.Cl.ClC[C@@H]1CO1.NC[C@H](O)CCl.Nc1ccc(N2CCOCC2)c(F)c1.O=C=Nc1ccc(N2CCOCC2)c(F)c1.O=Cc1ccccc1.O[C@H](CCl)CN=Cc1ccccc1. The van der Waals surface area contributed by atoms with E-state index in [4.69, 9.17) is 118 Å². The maximum atomic E-state index is 14.5. The minimum atomic E-state index is -0.729. The second-order valence-electron chi connectivity index (χ2n) is 27.1. The first kappa shape index (κ1) is 107. The fraction of sp³-hybridized carbons (Fsp3) is 0.476. The number of anilines is 7. The van der Waals surface area contributed by atoms with Gasteiger partial charge >= 0.3 is 12.2 Å². The number of rotatable bonds is 27. The Hall–Kier alpha value is -8.31. The van der Waals surface area contributed by atoms with E-state index in [1.807, 2.05) is 68.1 Å². The standard InChI is InChI=1S/C17H22ClFN2O4.C17H21FN2O4.C11H11FN2O2.C10H12ClNO.C10H13FN2O.C7H6O.C6H11ClO2.C3H8ClNO.C3H5ClO.ClH/c1-12(22)2-4-14(11-18)25-17(23)20-13-3-5-16(15(19)10-13)21-6-8-24-9-7-21;1-12(21)2-4-14-11-20(17(22)24-14)13-3-5-16(15(18)10-13)19-6-8-23-9-7-19;12-10-7-9(13-8-15)1-2-11(10)14-3-5-16-6-4-14;11-6-10(13)8-12-7-9-4-2-1-3-5-9;11-9-7-8(12)1-2-10(9)13-3-5-14-6-4-13;8-6-7-4-2-1-3-5-7;1-5(8)2-3-6(9)4-7;4-1-3(6)2-5;4-1-3-2-5-3;/h3,5,10,14H,2,4,6-9,11H2,1H3,(H,20,23);3,5,10,14H,2,4,6-9,11H2,1H3;1-2,7H,3-6H2;1-5,7,10,13H,6,8H2;1-2,7H,3-6,12H2;1-6H;6,9H,2-4H2,1H3;3,6H,1-2,5H2;3H,1-2H2;1H/t;14-;;10-;;;6-;2*3-;/m.0.1..011./s1. The number of nitrogen functional groups attached to an aromatic ring is 1. The molecule has 12 rings (SSSR count). The molecule has 6 aliphatic rings. The number of hydrogen-bond acceptors (Lipinski definition) is 25. The molecule has 6 fully saturated rings. The Morgan fingerprint density at radius 1 is 0.579 bits per heavy atom. The summed E-state index contributed by atoms with van der Waals surface area (Å²) >= 11 is 26.8. The maximum absolute atomic E-state index is 14.5. The summed E-state index contributed by atoms with van der Waals surface area (Å²) in [5.74, 6) is 0.162. The Morgan fingerprint density at radius 2 is 1.02 bits per heavy atom. The van der Waals surface area contributed by atoms with E-state index >= 15 is 0 Å². The molecule has 1 unspecified atom stereocenters. The zero-order valence-corrected chi connectivity index (χ0v) is 72.5. The summed E-state index contributed by atoms with van der Waals surface area (Å²) in [4.78, 5) is 92.8. The first-order chi connectivity index (χ1) is 57.8. The molecule has 27 nitrogen and oxygen atoms in total. The van der Waals surface area contributed by atoms with Crippen LogP contribution in [0.4, 0.5) is 72.6 Å². The van der Waals surface area contributed by atoms with Crippen LogP contribution >= 0.6 is 70.4 Å². The van der Waals surface area contributed by atoms with E-state index in [2.05, 4.69) is 15.3 Å². The number of aliphatic hydroxyl groups is 3. The Kier molecular flexibility index (Phi) is 55.4. The zero-order valence-electron chi connectivity index (χ0n) is 67.9. The van der Waals surface area contributed by atoms with Crippen LogP contribution in [0.1, 0.15) is 75.2 Å². The lowest BCUT2D eigenvalue weighted by atomic mass is 10.1. The number of nitrogens with two attached hydrogens (primary N) is 2. The minimum absolute atomic E-state index is 0. The van der Waals surface area contributed by atoms with Crippen molar-refractivity contribution in [2.75, 3.05) is 196 Å². The third-order valence-corrected chi connectivity index (χ3v) is 19.1. The van der Waals surface area contributed by atoms with E-state index in [1.165, 1.54) is 56.0 Å². The van der Waals surface area contributed by atoms with Gasteiger partial charge in [0, 0.05) is 119 Å². The van der Waals surface area contributed by atoms with Crippen LogP contribution in [0.5, 0.6) is 0 Å². The summed E-state index contributed by atoms with van der Waals surface area (Å²) in [6.07, 6.45) is 3.06. The summed E-state index contributed by atoms with van der Waals surface area (Å²) in [6, 6.07) is 37.3. The highest BCUT2D eigenvalue weighted by Gasteiger charge is 2.33. The van der Waals surface area contributed by atoms with Crippen molar-refractivity contribution in [1.29, 1.82) is 0 Å². The molecular weight excluding hydrogens is 1710 g/mol. The molecular formula is C84H110Cl6F4N10O17. The van der Waals surface area contributed by atoms with Gasteiger partial charge in [0.25, 0.3) is 0 Å². The number of nitrogens with one attached hydrogen (secondary N) is 1. The Labute approximate surface area is 735 Å². The number of cyclic esters (lactones) is 1. The van der Waals surface area contributed by atoms with Crippen molar-refractivity contribution in [3.05, 3.63) is 168 Å². The average molecular weight is 1820 g/mol. The number of Topliss-reactive ketones (excluding diaryl/α,β-unsaturated/α-hetero) is 3. The molecule has 6 atom stereocenters. The number of ether oxygens (including phenoxy) is 7. The van der Waals surface area contributed by atoms with Crippen molar-refractivity contribution < 1.29 is 99.6 Å². The number of nitrogens with zero attached hydrogens (tertiary/aromatic N) is 7. The van der Waals surface area contributed by atoms with Crippen LogP contribution in [0.25, 0.3) is 0 Å². The van der Waals surface area contributed by atoms with Crippen molar-refractivity contribution >= 4 is 164 Å². The fourth-order valence-electron chi connectivity index (χ4n) is 10.8. The van der Waals surface area contributed by atoms with Gasteiger partial charge in [-0.25, -0.2) is 31.9 Å². The van der Waals surface area contributed by atoms with Gasteiger partial charge in [0.15, 0.2) is 0 Å².